The summed E-state index contributed by atoms with van der Waals surface area (Å²) < 4.78 is 5.01. The van der Waals surface area contributed by atoms with Gasteiger partial charge in [0.1, 0.15) is 30.2 Å². The molecule has 0 aliphatic carbocycles. The third-order valence-corrected chi connectivity index (χ3v) is 18.6. The third-order valence-electron chi connectivity index (χ3n) is 18.6. The molecule has 0 saturated heterocycles. The first-order valence-corrected chi connectivity index (χ1v) is 42.9. The Morgan fingerprint density at radius 3 is 0.939 bits per heavy atom. The van der Waals surface area contributed by atoms with E-state index in [0.29, 0.717) is 134 Å². The van der Waals surface area contributed by atoms with Crippen molar-refractivity contribution in [2.45, 2.75) is 302 Å². The van der Waals surface area contributed by atoms with E-state index < -0.39 is 126 Å². The molecule has 0 spiro atoms. The number of carboxylic acid groups (broad SMARTS) is 10. The van der Waals surface area contributed by atoms with Crippen LogP contribution in [0.1, 0.15) is 250 Å². The van der Waals surface area contributed by atoms with Crippen molar-refractivity contribution >= 4 is 120 Å². The van der Waals surface area contributed by atoms with Crippen molar-refractivity contribution in [3.05, 3.63) is 35.7 Å². The van der Waals surface area contributed by atoms with Crippen LogP contribution in [-0.4, -0.2) is 279 Å². The van der Waals surface area contributed by atoms with E-state index in [4.69, 9.17) is 69.6 Å². The van der Waals surface area contributed by atoms with Gasteiger partial charge in [-0.3, -0.25) is 57.2 Å². The maximum Gasteiger partial charge on any atom is 0.373 e. The van der Waals surface area contributed by atoms with Crippen LogP contribution in [-0.2, 0) is 135 Å². The summed E-state index contributed by atoms with van der Waals surface area (Å²) in [4.78, 5) is 242. The number of nitrogens with one attached hydrogen (secondary N) is 10. The zero-order valence-electron chi connectivity index (χ0n) is 74.3. The number of aromatic nitrogens is 9. The molecular weight excluding hydrogens is 1750 g/mol. The molecule has 3 heterocycles. The number of nitrogens with zero attached hydrogens (tertiary/aromatic N) is 9. The zero-order valence-corrected chi connectivity index (χ0v) is 74.3. The van der Waals surface area contributed by atoms with Crippen molar-refractivity contribution in [2.75, 3.05) is 32.7 Å². The fourth-order valence-corrected chi connectivity index (χ4v) is 11.4. The monoisotopic (exact) mass is 1880 g/mol. The highest BCUT2D eigenvalue weighted by Gasteiger charge is 2.27. The van der Waals surface area contributed by atoms with E-state index in [9.17, 15) is 91.7 Å². The van der Waals surface area contributed by atoms with Gasteiger partial charge in [0, 0.05) is 129 Å². The summed E-state index contributed by atoms with van der Waals surface area (Å²) in [6.45, 7) is 9.01. The number of aryl methyl sites for hydroxylation is 4. The Morgan fingerprint density at radius 2 is 0.591 bits per heavy atom. The molecule has 0 aromatic carbocycles. The van der Waals surface area contributed by atoms with Crippen molar-refractivity contribution in [3.63, 3.8) is 0 Å². The lowest BCUT2D eigenvalue weighted by atomic mass is 10.1. The van der Waals surface area contributed by atoms with Crippen LogP contribution in [0.4, 0.5) is 14.4 Å². The number of aliphatic carboxylic acids is 10. The van der Waals surface area contributed by atoms with Gasteiger partial charge >= 0.3 is 96.2 Å². The van der Waals surface area contributed by atoms with Crippen molar-refractivity contribution < 1.29 is 161 Å². The first-order chi connectivity index (χ1) is 62.7. The van der Waals surface area contributed by atoms with Crippen LogP contribution in [0, 0.1) is 11.8 Å². The second kappa shape index (κ2) is 78.0. The molecule has 10 amide bonds. The molecule has 0 bridgehead atoms. The molecule has 0 aliphatic heterocycles. The molecular formula is C80H127N19O33. The Kier molecular flexibility index (Phi) is 72.2. The predicted molar refractivity (Wildman–Crippen MR) is 450 cm³/mol. The number of amides is 10. The van der Waals surface area contributed by atoms with E-state index in [1.165, 1.54) is 6.92 Å². The van der Waals surface area contributed by atoms with Gasteiger partial charge in [0.25, 0.3) is 0 Å². The summed E-state index contributed by atoms with van der Waals surface area (Å²) in [5.41, 5.74) is 1.80. The normalized spacial score (nSPS) is 11.8. The molecule has 0 radical (unpaired) electrons. The van der Waals surface area contributed by atoms with Crippen LogP contribution in [0.2, 0.25) is 0 Å². The smallest absolute Gasteiger partial charge is 0.373 e. The van der Waals surface area contributed by atoms with E-state index in [1.54, 1.807) is 39.6 Å². The van der Waals surface area contributed by atoms with Gasteiger partial charge in [-0.2, -0.15) is 28.8 Å². The highest BCUT2D eigenvalue weighted by Crippen LogP contribution is 2.14. The summed E-state index contributed by atoms with van der Waals surface area (Å²) in [7, 11) is 0. The number of unbranched alkanes of at least 4 members (excludes halogenated alkanes) is 14. The van der Waals surface area contributed by atoms with Crippen LogP contribution >= 0.6 is 0 Å². The average molecular weight is 1880 g/mol. The van der Waals surface area contributed by atoms with E-state index in [1.807, 2.05) is 6.92 Å². The lowest BCUT2D eigenvalue weighted by Crippen LogP contribution is -2.46. The summed E-state index contributed by atoms with van der Waals surface area (Å²) in [6.07, 6.45) is 22.9. The van der Waals surface area contributed by atoms with Crippen LogP contribution in [0.3, 0.4) is 0 Å². The number of carboxylic acids is 10. The zero-order chi connectivity index (χ0) is 100.0. The Labute approximate surface area is 758 Å². The molecule has 52 heteroatoms. The fourth-order valence-electron chi connectivity index (χ4n) is 11.4. The molecule has 3 aromatic heterocycles. The van der Waals surface area contributed by atoms with Crippen LogP contribution in [0.15, 0.2) is 18.6 Å². The molecule has 0 aliphatic rings. The van der Waals surface area contributed by atoms with E-state index in [-0.39, 0.29) is 100 Å². The maximum atomic E-state index is 12.1. The standard InChI is InChI=1S/C29H47N7O11.2C24H40N6O8.3CO2/c1-19(26(41)42)10-12-24(38)32-22(28(45)46)17-20-18-36(35-34-20)16-8-3-2-5-9-23(37)30-14-6-4-7-15-31-29(47)33-21(27(43)44)11-13-25(39)40;1-17(22(34)35)15-18-16-30(29-28-18)14-8-3-2-5-9-20(31)25-12-6-4-7-13-26-24(38)27-19(23(36)37)10-11-21(32)33;1-2-3-5-10-18(22(34)35)26-20(31)11-8-9-17-16-30(29-28-17)15-7-4-6-14-25-24(38)27-19(23(36)37)12-13-21(32)33;3*2-1-3/h18-19,21-22H,2-17H2,1H3,(H,30,37)(H,32,38)(H,39,40)(H,41,42)(H,43,44)(H,45,46)(H2,31,33,47);16-17,19H,2-15H2,1H3,(H,25,31)(H,32,33)(H,34,35)(H,36,37)(H2,26,27,38);16,18-19H,2-15H2,1H3,(H,26,31)(H,32,33)(H,34,35)(H,36,37)(H2,25,27,38);;;/t19?,21-,22?;17?,19-;18?,19-;;;/m000.../s1. The van der Waals surface area contributed by atoms with Crippen molar-refractivity contribution in [3.8, 4) is 0 Å². The van der Waals surface area contributed by atoms with E-state index >= 15 is 0 Å². The lowest BCUT2D eigenvalue weighted by molar-refractivity contribution is -0.193. The van der Waals surface area contributed by atoms with Crippen molar-refractivity contribution in [1.29, 1.82) is 0 Å². The molecule has 3 aromatic rings. The first kappa shape index (κ1) is 122. The Hall–Kier alpha value is -14.0. The number of carbonyl (C=O) groups excluding carboxylic acids is 13. The number of rotatable bonds is 68. The number of carbonyl (C=O) groups is 17. The van der Waals surface area contributed by atoms with Gasteiger partial charge in [0.2, 0.25) is 23.6 Å². The Bertz CT molecular complexity index is 4040. The molecule has 0 fully saturated rings. The van der Waals surface area contributed by atoms with Crippen LogP contribution in [0.25, 0.3) is 0 Å². The first-order valence-electron chi connectivity index (χ1n) is 42.9. The van der Waals surface area contributed by atoms with Gasteiger partial charge < -0.3 is 104 Å². The minimum absolute atomic E-state index is 0.00274. The van der Waals surface area contributed by atoms with Gasteiger partial charge in [-0.1, -0.05) is 81.4 Å². The van der Waals surface area contributed by atoms with E-state index in [2.05, 4.69) is 84.1 Å². The molecule has 132 heavy (non-hydrogen) atoms. The van der Waals surface area contributed by atoms with Crippen molar-refractivity contribution in [1.82, 2.24) is 98.1 Å². The molecule has 3 rings (SSSR count). The van der Waals surface area contributed by atoms with Gasteiger partial charge in [-0.05, 0) is 128 Å². The van der Waals surface area contributed by atoms with Crippen LogP contribution in [0.5, 0.6) is 0 Å². The highest BCUT2D eigenvalue weighted by atomic mass is 16.4. The number of hydrogen-bond acceptors (Lipinski definition) is 29. The second-order valence-electron chi connectivity index (χ2n) is 29.7. The fraction of sp³-hybridized carbons (Fsp3) is 0.675. The molecule has 52 nitrogen and oxygen atoms in total. The minimum Gasteiger partial charge on any atom is -0.481 e. The second-order valence-corrected chi connectivity index (χ2v) is 29.7. The molecule has 0 saturated carbocycles. The molecule has 740 valence electrons. The van der Waals surface area contributed by atoms with Gasteiger partial charge in [-0.15, -0.1) is 15.3 Å². The highest BCUT2D eigenvalue weighted by molar-refractivity contribution is 5.86. The van der Waals surface area contributed by atoms with Gasteiger partial charge in [-0.25, -0.2) is 38.4 Å². The third kappa shape index (κ3) is 70.9. The summed E-state index contributed by atoms with van der Waals surface area (Å²) in [6, 6.07) is -7.88. The Morgan fingerprint density at radius 1 is 0.295 bits per heavy atom. The van der Waals surface area contributed by atoms with E-state index in [0.717, 1.165) is 102 Å². The van der Waals surface area contributed by atoms with Crippen molar-refractivity contribution in [2.24, 2.45) is 11.8 Å². The average Bonchev–Trinajstić information content (AvgIpc) is 1.73. The SMILES string of the molecule is CC(CCC(=O)NC(Cc1cn(CCCCCCC(=O)NCCCCCNC(=O)N[C@@H](CCC(=O)O)C(=O)O)nn1)C(=O)O)C(=O)O.CC(Cc1cn(CCCCCCC(=O)NCCCCCNC(=O)N[C@@H](CCC(=O)O)C(=O)O)nn1)C(=O)O.CCCCCC(NC(=O)CCCc1cn(CCCCCNC(=O)N[C@@H](CCC(=O)O)C(=O)O)nn1)C(=O)O.O=C=O.O=C=O.O=C=O. The Balaban J connectivity index is -0.00000182. The predicted octanol–water partition coefficient (Wildman–Crippen LogP) is 1.93. The largest absolute Gasteiger partial charge is 0.481 e. The molecule has 20 N–H and O–H groups in total. The molecule has 7 atom stereocenters. The topological polar surface area (TPSA) is 807 Å². The quantitative estimate of drug-likeness (QED) is 0.0359. The number of hydrogen-bond donors (Lipinski definition) is 20. The lowest BCUT2D eigenvalue weighted by Gasteiger charge is -2.14. The molecule has 4 unspecified atom stereocenters. The van der Waals surface area contributed by atoms with Gasteiger partial charge in [0.05, 0.1) is 28.9 Å². The summed E-state index contributed by atoms with van der Waals surface area (Å²) >= 11 is 0. The summed E-state index contributed by atoms with van der Waals surface area (Å²) in [5.74, 6) is -13.5. The van der Waals surface area contributed by atoms with Crippen LogP contribution < -0.4 is 53.2 Å². The maximum absolute atomic E-state index is 12.1. The number of urea groups is 3. The summed E-state index contributed by atoms with van der Waals surface area (Å²) in [5, 5.41) is 139. The minimum atomic E-state index is -1.31. The van der Waals surface area contributed by atoms with Gasteiger partial charge in [0.15, 0.2) is 0 Å².